The second kappa shape index (κ2) is 7.62. The molecular weight excluding hydrogens is 276 g/mol. The molecule has 0 saturated carbocycles. The minimum absolute atomic E-state index is 0.0243. The second-order valence-corrected chi connectivity index (χ2v) is 6.20. The van der Waals surface area contributed by atoms with E-state index in [1.54, 1.807) is 12.1 Å². The summed E-state index contributed by atoms with van der Waals surface area (Å²) >= 11 is 5.82. The average Bonchev–Trinajstić information content (AvgIpc) is 2.36. The third-order valence-corrected chi connectivity index (χ3v) is 2.85. The fourth-order valence-corrected chi connectivity index (χ4v) is 1.57. The Kier molecular flexibility index (Phi) is 6.46. The molecule has 1 aromatic carbocycles. The molecule has 1 atom stereocenters. The van der Waals surface area contributed by atoms with E-state index < -0.39 is 6.10 Å². The number of β-amino-alcohol motifs (C(OH)–C–C–N with tert-alkyl or cyclic N) is 1. The van der Waals surface area contributed by atoms with Crippen molar-refractivity contribution in [3.63, 3.8) is 0 Å². The molecule has 2 N–H and O–H groups in total. The average molecular weight is 299 g/mol. The molecule has 0 heterocycles. The van der Waals surface area contributed by atoms with Crippen LogP contribution in [0.4, 0.5) is 0 Å². The molecule has 112 valence electrons. The van der Waals surface area contributed by atoms with E-state index >= 15 is 0 Å². The summed E-state index contributed by atoms with van der Waals surface area (Å²) in [6, 6.07) is 7.36. The lowest BCUT2D eigenvalue weighted by atomic mass is 10.1. The number of hydrogen-bond donors (Lipinski definition) is 2. The van der Waals surface area contributed by atoms with Gasteiger partial charge in [-0.1, -0.05) is 28.9 Å². The van der Waals surface area contributed by atoms with Gasteiger partial charge in [0.15, 0.2) is 0 Å². The largest absolute Gasteiger partial charge is 0.393 e. The molecule has 0 saturated heterocycles. The summed E-state index contributed by atoms with van der Waals surface area (Å²) in [5.41, 5.74) is 1.66. The molecule has 0 spiro atoms. The normalized spacial score (nSPS) is 14.2. The molecule has 0 aliphatic rings. The van der Waals surface area contributed by atoms with E-state index in [4.69, 9.17) is 16.4 Å². The molecule has 0 aliphatic heterocycles. The van der Waals surface area contributed by atoms with Crippen molar-refractivity contribution < 1.29 is 9.94 Å². The van der Waals surface area contributed by atoms with Crippen molar-refractivity contribution in [2.75, 3.05) is 13.2 Å². The van der Waals surface area contributed by atoms with E-state index in [1.165, 1.54) is 0 Å². The maximum Gasteiger partial charge on any atom is 0.144 e. The second-order valence-electron chi connectivity index (χ2n) is 5.76. The summed E-state index contributed by atoms with van der Waals surface area (Å²) in [4.78, 5) is 5.17. The summed E-state index contributed by atoms with van der Waals surface area (Å²) in [5, 5.41) is 17.6. The van der Waals surface area contributed by atoms with Crippen LogP contribution in [0.15, 0.2) is 29.4 Å². The molecule has 5 heteroatoms. The minimum Gasteiger partial charge on any atom is -0.393 e. The van der Waals surface area contributed by atoms with E-state index in [2.05, 4.69) is 10.5 Å². The summed E-state index contributed by atoms with van der Waals surface area (Å²) in [6.45, 7) is 8.62. The Morgan fingerprint density at radius 3 is 2.50 bits per heavy atom. The molecule has 4 nitrogen and oxygen atoms in total. The topological polar surface area (TPSA) is 53.9 Å². The maximum absolute atomic E-state index is 9.76. The maximum atomic E-state index is 9.76. The van der Waals surface area contributed by atoms with Gasteiger partial charge in [0.25, 0.3) is 0 Å². The van der Waals surface area contributed by atoms with Gasteiger partial charge in [0.1, 0.15) is 12.7 Å². The Morgan fingerprint density at radius 2 is 1.95 bits per heavy atom. The lowest BCUT2D eigenvalue weighted by Crippen LogP contribution is -2.42. The van der Waals surface area contributed by atoms with Gasteiger partial charge >= 0.3 is 0 Å². The van der Waals surface area contributed by atoms with Crippen LogP contribution in [-0.4, -0.2) is 35.6 Å². The lowest BCUT2D eigenvalue weighted by molar-refractivity contribution is 0.0373. The van der Waals surface area contributed by atoms with E-state index in [0.29, 0.717) is 11.6 Å². The summed E-state index contributed by atoms with van der Waals surface area (Å²) in [5.74, 6) is 0. The number of hydrogen-bond acceptors (Lipinski definition) is 4. The van der Waals surface area contributed by atoms with Gasteiger partial charge in [0, 0.05) is 17.1 Å². The number of nitrogens with one attached hydrogen (secondary N) is 1. The van der Waals surface area contributed by atoms with Crippen molar-refractivity contribution in [1.29, 1.82) is 0 Å². The van der Waals surface area contributed by atoms with Crippen LogP contribution in [0.25, 0.3) is 0 Å². The molecule has 0 amide bonds. The first kappa shape index (κ1) is 17.0. The van der Waals surface area contributed by atoms with Crippen molar-refractivity contribution >= 4 is 17.3 Å². The molecule has 0 fully saturated rings. The van der Waals surface area contributed by atoms with Crippen molar-refractivity contribution in [2.45, 2.75) is 39.3 Å². The molecule has 1 rings (SSSR count). The molecular formula is C15H23ClN2O2. The highest BCUT2D eigenvalue weighted by Gasteiger charge is 2.12. The van der Waals surface area contributed by atoms with Gasteiger partial charge in [-0.2, -0.15) is 0 Å². The van der Waals surface area contributed by atoms with Crippen molar-refractivity contribution in [3.8, 4) is 0 Å². The zero-order chi connectivity index (χ0) is 15.2. The number of oxime groups is 1. The third-order valence-electron chi connectivity index (χ3n) is 2.60. The molecule has 0 aliphatic carbocycles. The number of aliphatic hydroxyl groups excluding tert-OH is 1. The van der Waals surface area contributed by atoms with Gasteiger partial charge in [-0.15, -0.1) is 0 Å². The van der Waals surface area contributed by atoms with Crippen LogP contribution in [0.1, 0.15) is 33.3 Å². The monoisotopic (exact) mass is 298 g/mol. The quantitative estimate of drug-likeness (QED) is 0.627. The highest BCUT2D eigenvalue weighted by atomic mass is 35.5. The molecule has 0 bridgehead atoms. The Balaban J connectivity index is 2.38. The molecule has 1 unspecified atom stereocenters. The first-order chi connectivity index (χ1) is 9.28. The lowest BCUT2D eigenvalue weighted by Gasteiger charge is -2.22. The van der Waals surface area contributed by atoms with Crippen LogP contribution in [0.3, 0.4) is 0 Å². The first-order valence-corrected chi connectivity index (χ1v) is 7.01. The van der Waals surface area contributed by atoms with Crippen LogP contribution in [0.5, 0.6) is 0 Å². The smallest absolute Gasteiger partial charge is 0.144 e. The van der Waals surface area contributed by atoms with Crippen LogP contribution >= 0.6 is 11.6 Å². The minimum atomic E-state index is -0.587. The molecule has 20 heavy (non-hydrogen) atoms. The first-order valence-electron chi connectivity index (χ1n) is 6.63. The van der Waals surface area contributed by atoms with Crippen molar-refractivity contribution in [2.24, 2.45) is 5.16 Å². The van der Waals surface area contributed by atoms with Gasteiger partial charge < -0.3 is 15.3 Å². The Bertz CT molecular complexity index is 438. The van der Waals surface area contributed by atoms with Gasteiger partial charge in [-0.3, -0.25) is 0 Å². The summed E-state index contributed by atoms with van der Waals surface area (Å²) < 4.78 is 0. The fourth-order valence-electron chi connectivity index (χ4n) is 1.45. The highest BCUT2D eigenvalue weighted by Crippen LogP contribution is 2.10. The van der Waals surface area contributed by atoms with Gasteiger partial charge in [-0.05, 0) is 45.4 Å². The van der Waals surface area contributed by atoms with E-state index in [9.17, 15) is 5.11 Å². The standard InChI is InChI=1S/C15H23ClN2O2/c1-11(12-5-7-13(16)8-6-12)18-20-10-14(19)9-17-15(2,3)4/h5-8,14,17,19H,9-10H2,1-4H3/b18-11-. The number of rotatable bonds is 6. The fraction of sp³-hybridized carbons (Fsp3) is 0.533. The SMILES string of the molecule is C/C(=N/OCC(O)CNC(C)(C)C)c1ccc(Cl)cc1. The van der Waals surface area contributed by atoms with Crippen LogP contribution < -0.4 is 5.32 Å². The number of halogens is 1. The Hall–Kier alpha value is -1.10. The molecule has 0 aromatic heterocycles. The van der Waals surface area contributed by atoms with Crippen LogP contribution in [0.2, 0.25) is 5.02 Å². The predicted octanol–water partition coefficient (Wildman–Crippen LogP) is 2.83. The Morgan fingerprint density at radius 1 is 1.35 bits per heavy atom. The van der Waals surface area contributed by atoms with Crippen LogP contribution in [-0.2, 0) is 4.84 Å². The van der Waals surface area contributed by atoms with Crippen LogP contribution in [0, 0.1) is 0 Å². The molecule has 0 radical (unpaired) electrons. The van der Waals surface area contributed by atoms with Gasteiger partial charge in [0.05, 0.1) is 5.71 Å². The number of aliphatic hydroxyl groups is 1. The predicted molar refractivity (Wildman–Crippen MR) is 83.4 cm³/mol. The summed E-state index contributed by atoms with van der Waals surface area (Å²) in [6.07, 6.45) is -0.587. The van der Waals surface area contributed by atoms with Gasteiger partial charge in [0.2, 0.25) is 0 Å². The third kappa shape index (κ3) is 6.89. The van der Waals surface area contributed by atoms with E-state index in [-0.39, 0.29) is 12.1 Å². The Labute approximate surface area is 125 Å². The van der Waals surface area contributed by atoms with Crippen molar-refractivity contribution in [1.82, 2.24) is 5.32 Å². The number of nitrogens with zero attached hydrogens (tertiary/aromatic N) is 1. The number of benzene rings is 1. The zero-order valence-electron chi connectivity index (χ0n) is 12.5. The zero-order valence-corrected chi connectivity index (χ0v) is 13.2. The van der Waals surface area contributed by atoms with Crippen molar-refractivity contribution in [3.05, 3.63) is 34.9 Å². The van der Waals surface area contributed by atoms with E-state index in [1.807, 2.05) is 39.8 Å². The van der Waals surface area contributed by atoms with E-state index in [0.717, 1.165) is 11.3 Å². The summed E-state index contributed by atoms with van der Waals surface area (Å²) in [7, 11) is 0. The van der Waals surface area contributed by atoms with Gasteiger partial charge in [-0.25, -0.2) is 0 Å². The molecule has 1 aromatic rings. The highest BCUT2D eigenvalue weighted by molar-refractivity contribution is 6.30.